The van der Waals surface area contributed by atoms with Gasteiger partial charge in [-0.25, -0.2) is 0 Å². The lowest BCUT2D eigenvalue weighted by atomic mass is 10.2. The van der Waals surface area contributed by atoms with Crippen LogP contribution in [0.1, 0.15) is 13.8 Å². The lowest BCUT2D eigenvalue weighted by molar-refractivity contribution is -0.131. The molecule has 0 unspecified atom stereocenters. The van der Waals surface area contributed by atoms with Gasteiger partial charge in [-0.3, -0.25) is 9.59 Å². The summed E-state index contributed by atoms with van der Waals surface area (Å²) in [5, 5.41) is 2.53. The van der Waals surface area contributed by atoms with Crippen molar-refractivity contribution >= 4 is 11.8 Å². The first kappa shape index (κ1) is 10.9. The maximum Gasteiger partial charge on any atom is 0.241 e. The number of nitrogens with zero attached hydrogens (tertiary/aromatic N) is 1. The van der Waals surface area contributed by atoms with E-state index in [1.54, 1.807) is 27.9 Å². The molecule has 0 aliphatic heterocycles. The molecule has 0 aliphatic carbocycles. The molecule has 0 aliphatic rings. The topological polar surface area (TPSA) is 49.4 Å². The average molecular weight is 172 g/mol. The molecule has 0 rings (SSSR count). The zero-order chi connectivity index (χ0) is 9.72. The van der Waals surface area contributed by atoms with Crippen LogP contribution in [0.15, 0.2) is 0 Å². The van der Waals surface area contributed by atoms with E-state index in [1.807, 2.05) is 0 Å². The van der Waals surface area contributed by atoms with E-state index in [9.17, 15) is 9.59 Å². The summed E-state index contributed by atoms with van der Waals surface area (Å²) in [6.07, 6.45) is 0. The van der Waals surface area contributed by atoms with Crippen LogP contribution < -0.4 is 5.32 Å². The fraction of sp³-hybridized carbons (Fsp3) is 0.750. The van der Waals surface area contributed by atoms with Crippen molar-refractivity contribution in [2.75, 3.05) is 20.6 Å². The highest BCUT2D eigenvalue weighted by Crippen LogP contribution is 1.89. The van der Waals surface area contributed by atoms with Gasteiger partial charge in [0.25, 0.3) is 0 Å². The van der Waals surface area contributed by atoms with Gasteiger partial charge in [-0.2, -0.15) is 0 Å². The highest BCUT2D eigenvalue weighted by Gasteiger charge is 2.09. The van der Waals surface area contributed by atoms with E-state index in [0.29, 0.717) is 0 Å². The van der Waals surface area contributed by atoms with Gasteiger partial charge in [0.05, 0.1) is 6.54 Å². The number of likely N-dealkylation sites (N-methyl/N-ethyl adjacent to an activating group) is 1. The molecule has 12 heavy (non-hydrogen) atoms. The number of nitrogens with one attached hydrogen (secondary N) is 1. The second-order valence-electron chi connectivity index (χ2n) is 3.16. The minimum atomic E-state index is -0.0935. The standard InChI is InChI=1S/C8H16N2O2/c1-6(2)8(12)9-5-7(11)10(3)4/h6H,5H2,1-4H3,(H,9,12). The van der Waals surface area contributed by atoms with Crippen molar-refractivity contribution in [3.63, 3.8) is 0 Å². The summed E-state index contributed by atoms with van der Waals surface area (Å²) in [5.74, 6) is -0.255. The van der Waals surface area contributed by atoms with E-state index in [2.05, 4.69) is 5.32 Å². The van der Waals surface area contributed by atoms with Gasteiger partial charge in [0.1, 0.15) is 0 Å². The van der Waals surface area contributed by atoms with Gasteiger partial charge < -0.3 is 10.2 Å². The van der Waals surface area contributed by atoms with Crippen LogP contribution in [0.4, 0.5) is 0 Å². The zero-order valence-corrected chi connectivity index (χ0v) is 8.05. The molecule has 0 bridgehead atoms. The third kappa shape index (κ3) is 3.95. The molecule has 0 spiro atoms. The van der Waals surface area contributed by atoms with Crippen molar-refractivity contribution in [1.29, 1.82) is 0 Å². The van der Waals surface area contributed by atoms with E-state index in [1.165, 1.54) is 4.90 Å². The van der Waals surface area contributed by atoms with E-state index in [-0.39, 0.29) is 24.3 Å². The van der Waals surface area contributed by atoms with Gasteiger partial charge in [-0.1, -0.05) is 13.8 Å². The van der Waals surface area contributed by atoms with Crippen LogP contribution in [0.25, 0.3) is 0 Å². The number of carbonyl (C=O) groups excluding carboxylic acids is 2. The molecule has 0 aromatic rings. The third-order valence-electron chi connectivity index (χ3n) is 1.44. The SMILES string of the molecule is CC(C)C(=O)NCC(=O)N(C)C. The maximum atomic E-state index is 11.0. The van der Waals surface area contributed by atoms with Gasteiger partial charge in [-0.15, -0.1) is 0 Å². The molecule has 0 heterocycles. The predicted octanol–water partition coefficient (Wildman–Crippen LogP) is -0.153. The van der Waals surface area contributed by atoms with Gasteiger partial charge >= 0.3 is 0 Å². The molecule has 0 saturated heterocycles. The van der Waals surface area contributed by atoms with Crippen LogP contribution >= 0.6 is 0 Å². The van der Waals surface area contributed by atoms with Crippen molar-refractivity contribution in [2.24, 2.45) is 5.92 Å². The summed E-state index contributed by atoms with van der Waals surface area (Å²) in [6.45, 7) is 3.66. The summed E-state index contributed by atoms with van der Waals surface area (Å²) in [7, 11) is 3.31. The second-order valence-corrected chi connectivity index (χ2v) is 3.16. The Bertz CT molecular complexity index is 156. The smallest absolute Gasteiger partial charge is 0.241 e. The fourth-order valence-electron chi connectivity index (χ4n) is 0.525. The Morgan fingerprint density at radius 3 is 2.17 bits per heavy atom. The Labute approximate surface area is 72.9 Å². The van der Waals surface area contributed by atoms with Crippen molar-refractivity contribution in [3.8, 4) is 0 Å². The van der Waals surface area contributed by atoms with Crippen LogP contribution in [0, 0.1) is 5.92 Å². The van der Waals surface area contributed by atoms with Gasteiger partial charge in [-0.05, 0) is 0 Å². The minimum absolute atomic E-state index is 0.0695. The molecular formula is C8H16N2O2. The van der Waals surface area contributed by atoms with Crippen molar-refractivity contribution in [3.05, 3.63) is 0 Å². The predicted molar refractivity (Wildman–Crippen MR) is 46.5 cm³/mol. The zero-order valence-electron chi connectivity index (χ0n) is 8.05. The van der Waals surface area contributed by atoms with Gasteiger partial charge in [0.15, 0.2) is 0 Å². The van der Waals surface area contributed by atoms with E-state index >= 15 is 0 Å². The Kier molecular flexibility index (Phi) is 4.33. The molecule has 4 heteroatoms. The van der Waals surface area contributed by atoms with Crippen molar-refractivity contribution in [1.82, 2.24) is 10.2 Å². The summed E-state index contributed by atoms with van der Waals surface area (Å²) in [5.41, 5.74) is 0. The molecule has 0 atom stereocenters. The highest BCUT2D eigenvalue weighted by atomic mass is 16.2. The number of amides is 2. The quantitative estimate of drug-likeness (QED) is 0.643. The first-order chi connectivity index (χ1) is 5.45. The van der Waals surface area contributed by atoms with Gasteiger partial charge in [0.2, 0.25) is 11.8 Å². The molecule has 0 radical (unpaired) electrons. The number of hydrogen-bond donors (Lipinski definition) is 1. The summed E-state index contributed by atoms with van der Waals surface area (Å²) < 4.78 is 0. The minimum Gasteiger partial charge on any atom is -0.347 e. The number of carbonyl (C=O) groups is 2. The van der Waals surface area contributed by atoms with Crippen LogP contribution in [-0.4, -0.2) is 37.4 Å². The number of hydrogen-bond acceptors (Lipinski definition) is 2. The molecule has 2 amide bonds. The third-order valence-corrected chi connectivity index (χ3v) is 1.44. The highest BCUT2D eigenvalue weighted by molar-refractivity contribution is 5.85. The first-order valence-electron chi connectivity index (χ1n) is 3.93. The van der Waals surface area contributed by atoms with Crippen molar-refractivity contribution in [2.45, 2.75) is 13.8 Å². The summed E-state index contributed by atoms with van der Waals surface area (Å²) >= 11 is 0. The largest absolute Gasteiger partial charge is 0.347 e. The maximum absolute atomic E-state index is 11.0. The van der Waals surface area contributed by atoms with Gasteiger partial charge in [0, 0.05) is 20.0 Å². The molecule has 0 fully saturated rings. The molecule has 1 N–H and O–H groups in total. The molecule has 70 valence electrons. The molecule has 0 aromatic heterocycles. The van der Waals surface area contributed by atoms with E-state index < -0.39 is 0 Å². The first-order valence-corrected chi connectivity index (χ1v) is 3.93. The number of rotatable bonds is 3. The molecule has 0 aromatic carbocycles. The Balaban J connectivity index is 3.69. The van der Waals surface area contributed by atoms with Crippen LogP contribution in [-0.2, 0) is 9.59 Å². The lowest BCUT2D eigenvalue weighted by Crippen LogP contribution is -2.37. The van der Waals surface area contributed by atoms with E-state index in [0.717, 1.165) is 0 Å². The van der Waals surface area contributed by atoms with Crippen LogP contribution in [0.2, 0.25) is 0 Å². The van der Waals surface area contributed by atoms with Crippen molar-refractivity contribution < 1.29 is 9.59 Å². The molecular weight excluding hydrogens is 156 g/mol. The summed E-state index contributed by atoms with van der Waals surface area (Å²) in [4.78, 5) is 23.4. The monoisotopic (exact) mass is 172 g/mol. The molecule has 4 nitrogen and oxygen atoms in total. The van der Waals surface area contributed by atoms with Crippen LogP contribution in [0.3, 0.4) is 0 Å². The lowest BCUT2D eigenvalue weighted by Gasteiger charge is -2.11. The Hall–Kier alpha value is -1.06. The molecule has 0 saturated carbocycles. The summed E-state index contributed by atoms with van der Waals surface area (Å²) in [6, 6.07) is 0. The average Bonchev–Trinajstić information content (AvgIpc) is 1.98. The fourth-order valence-corrected chi connectivity index (χ4v) is 0.525. The Morgan fingerprint density at radius 1 is 1.33 bits per heavy atom. The normalized spacial score (nSPS) is 9.75. The van der Waals surface area contributed by atoms with Crippen LogP contribution in [0.5, 0.6) is 0 Å². The second kappa shape index (κ2) is 4.74. The van der Waals surface area contributed by atoms with E-state index in [4.69, 9.17) is 0 Å². The Morgan fingerprint density at radius 2 is 1.83 bits per heavy atom.